The van der Waals surface area contributed by atoms with Crippen molar-refractivity contribution in [3.05, 3.63) is 0 Å². The summed E-state index contributed by atoms with van der Waals surface area (Å²) in [5.41, 5.74) is 5.19. The molecule has 0 aromatic carbocycles. The minimum atomic E-state index is -3.58. The molecule has 0 aromatic rings. The van der Waals surface area contributed by atoms with E-state index in [1.807, 2.05) is 0 Å². The first kappa shape index (κ1) is 16.9. The van der Waals surface area contributed by atoms with Gasteiger partial charge >= 0.3 is 0 Å². The summed E-state index contributed by atoms with van der Waals surface area (Å²) in [6.45, 7) is 3.93. The van der Waals surface area contributed by atoms with Crippen LogP contribution in [-0.4, -0.2) is 61.8 Å². The molecule has 0 bridgehead atoms. The van der Waals surface area contributed by atoms with Gasteiger partial charge in [0.2, 0.25) is 11.8 Å². The van der Waals surface area contributed by atoms with Crippen molar-refractivity contribution >= 4 is 21.7 Å². The number of rotatable bonds is 5. The van der Waals surface area contributed by atoms with Gasteiger partial charge in [0.25, 0.3) is 0 Å². The van der Waals surface area contributed by atoms with Crippen LogP contribution in [0.1, 0.15) is 26.7 Å². The lowest BCUT2D eigenvalue weighted by atomic mass is 10.0. The Labute approximate surface area is 119 Å². The molecular formula is C12H23N3O4S. The zero-order chi connectivity index (χ0) is 15.6. The summed E-state index contributed by atoms with van der Waals surface area (Å²) in [6.07, 6.45) is 2.38. The maximum Gasteiger partial charge on any atom is 0.244 e. The van der Waals surface area contributed by atoms with E-state index in [0.29, 0.717) is 12.8 Å². The number of carbonyl (C=O) groups is 2. The average Bonchev–Trinajstić information content (AvgIpc) is 2.34. The Hall–Kier alpha value is -1.15. The van der Waals surface area contributed by atoms with Gasteiger partial charge in [0.1, 0.15) is 4.75 Å². The Morgan fingerprint density at radius 2 is 1.80 bits per heavy atom. The summed E-state index contributed by atoms with van der Waals surface area (Å²) in [5.74, 6) is -1.20. The van der Waals surface area contributed by atoms with Gasteiger partial charge in [-0.25, -0.2) is 8.42 Å². The third kappa shape index (κ3) is 3.69. The zero-order valence-corrected chi connectivity index (χ0v) is 13.0. The van der Waals surface area contributed by atoms with Crippen LogP contribution in [0.15, 0.2) is 0 Å². The molecule has 0 unspecified atom stereocenters. The number of nitrogens with one attached hydrogen (secondary N) is 1. The normalized spacial score (nSPS) is 17.8. The van der Waals surface area contributed by atoms with E-state index >= 15 is 0 Å². The second-order valence-corrected chi connectivity index (χ2v) is 8.23. The molecule has 8 heteroatoms. The second-order valence-electron chi connectivity index (χ2n) is 5.66. The van der Waals surface area contributed by atoms with Crippen LogP contribution in [0, 0.1) is 0 Å². The highest BCUT2D eigenvalue weighted by atomic mass is 32.2. The number of hydrogen-bond donors (Lipinski definition) is 2. The van der Waals surface area contributed by atoms with Gasteiger partial charge < -0.3 is 16.0 Å². The van der Waals surface area contributed by atoms with Gasteiger partial charge in [0.05, 0.1) is 6.54 Å². The molecule has 1 aliphatic rings. The number of primary amides is 1. The molecule has 0 aliphatic carbocycles. The van der Waals surface area contributed by atoms with Crippen LogP contribution in [0.2, 0.25) is 0 Å². The molecular weight excluding hydrogens is 282 g/mol. The van der Waals surface area contributed by atoms with Crippen molar-refractivity contribution in [1.82, 2.24) is 10.2 Å². The first-order valence-corrected chi connectivity index (χ1v) is 8.46. The Kier molecular flexibility index (Phi) is 5.15. The van der Waals surface area contributed by atoms with Crippen LogP contribution < -0.4 is 11.1 Å². The SMILES string of the molecule is CC(C)(C(=O)N(CC(N)=O)C1CCNCC1)S(C)(=O)=O. The van der Waals surface area contributed by atoms with Crippen LogP contribution in [-0.2, 0) is 19.4 Å². The number of sulfone groups is 1. The summed E-state index contributed by atoms with van der Waals surface area (Å²) in [5, 5.41) is 3.16. The van der Waals surface area contributed by atoms with E-state index < -0.39 is 26.4 Å². The monoisotopic (exact) mass is 305 g/mol. The van der Waals surface area contributed by atoms with E-state index in [-0.39, 0.29) is 12.6 Å². The Morgan fingerprint density at radius 1 is 1.30 bits per heavy atom. The van der Waals surface area contributed by atoms with E-state index in [2.05, 4.69) is 5.32 Å². The molecule has 1 rings (SSSR count). The molecule has 1 fully saturated rings. The standard InChI is InChI=1S/C12H23N3O4S/c1-12(2,20(3,18)19)11(17)15(8-10(13)16)9-4-6-14-7-5-9/h9,14H,4-8H2,1-3H3,(H2,13,16). The summed E-state index contributed by atoms with van der Waals surface area (Å²) < 4.78 is 22.0. The third-order valence-electron chi connectivity index (χ3n) is 3.78. The van der Waals surface area contributed by atoms with Gasteiger partial charge in [-0.05, 0) is 39.8 Å². The highest BCUT2D eigenvalue weighted by molar-refractivity contribution is 7.92. The van der Waals surface area contributed by atoms with Crippen molar-refractivity contribution in [2.75, 3.05) is 25.9 Å². The molecule has 0 saturated carbocycles. The van der Waals surface area contributed by atoms with Crippen molar-refractivity contribution in [2.24, 2.45) is 5.73 Å². The molecule has 1 saturated heterocycles. The quantitative estimate of drug-likeness (QED) is 0.668. The summed E-state index contributed by atoms with van der Waals surface area (Å²) in [7, 11) is -3.58. The van der Waals surface area contributed by atoms with E-state index in [0.717, 1.165) is 19.3 Å². The van der Waals surface area contributed by atoms with Crippen LogP contribution in [0.4, 0.5) is 0 Å². The Bertz CT molecular complexity index is 481. The second kappa shape index (κ2) is 6.09. The largest absolute Gasteiger partial charge is 0.368 e. The van der Waals surface area contributed by atoms with Crippen molar-refractivity contribution < 1.29 is 18.0 Å². The lowest BCUT2D eigenvalue weighted by molar-refractivity contribution is -0.139. The molecule has 3 N–H and O–H groups in total. The van der Waals surface area contributed by atoms with Gasteiger partial charge in [-0.1, -0.05) is 0 Å². The van der Waals surface area contributed by atoms with Gasteiger partial charge in [-0.15, -0.1) is 0 Å². The molecule has 7 nitrogen and oxygen atoms in total. The summed E-state index contributed by atoms with van der Waals surface area (Å²) >= 11 is 0. The molecule has 0 radical (unpaired) electrons. The van der Waals surface area contributed by atoms with Crippen molar-refractivity contribution in [3.8, 4) is 0 Å². The predicted octanol–water partition coefficient (Wildman–Crippen LogP) is -1.12. The molecule has 20 heavy (non-hydrogen) atoms. The Balaban J connectivity index is 3.04. The fraction of sp³-hybridized carbons (Fsp3) is 0.833. The van der Waals surface area contributed by atoms with Crippen molar-refractivity contribution in [2.45, 2.75) is 37.5 Å². The Morgan fingerprint density at radius 3 is 2.20 bits per heavy atom. The smallest absolute Gasteiger partial charge is 0.244 e. The number of carbonyl (C=O) groups excluding carboxylic acids is 2. The van der Waals surface area contributed by atoms with E-state index in [9.17, 15) is 18.0 Å². The van der Waals surface area contributed by atoms with Crippen molar-refractivity contribution in [1.29, 1.82) is 0 Å². The molecule has 1 aliphatic heterocycles. The number of nitrogens with zero attached hydrogens (tertiary/aromatic N) is 1. The predicted molar refractivity (Wildman–Crippen MR) is 75.7 cm³/mol. The van der Waals surface area contributed by atoms with E-state index in [1.165, 1.54) is 18.7 Å². The number of amides is 2. The minimum Gasteiger partial charge on any atom is -0.368 e. The van der Waals surface area contributed by atoms with Crippen LogP contribution in [0.5, 0.6) is 0 Å². The highest BCUT2D eigenvalue weighted by Gasteiger charge is 2.43. The lowest BCUT2D eigenvalue weighted by Gasteiger charge is -2.37. The summed E-state index contributed by atoms with van der Waals surface area (Å²) in [4.78, 5) is 25.1. The molecule has 2 amide bonds. The first-order chi connectivity index (χ1) is 9.07. The van der Waals surface area contributed by atoms with Crippen LogP contribution in [0.25, 0.3) is 0 Å². The third-order valence-corrected chi connectivity index (χ3v) is 5.81. The fourth-order valence-corrected chi connectivity index (χ4v) is 2.59. The van der Waals surface area contributed by atoms with Gasteiger partial charge in [0.15, 0.2) is 9.84 Å². The number of hydrogen-bond acceptors (Lipinski definition) is 5. The van der Waals surface area contributed by atoms with Crippen molar-refractivity contribution in [3.63, 3.8) is 0 Å². The fourth-order valence-electron chi connectivity index (χ4n) is 2.16. The molecule has 0 atom stereocenters. The van der Waals surface area contributed by atoms with E-state index in [1.54, 1.807) is 0 Å². The molecule has 0 spiro atoms. The van der Waals surface area contributed by atoms with Crippen LogP contribution >= 0.6 is 0 Å². The maximum absolute atomic E-state index is 12.6. The number of nitrogens with two attached hydrogens (primary N) is 1. The van der Waals surface area contributed by atoms with Gasteiger partial charge in [-0.2, -0.15) is 0 Å². The topological polar surface area (TPSA) is 110 Å². The first-order valence-electron chi connectivity index (χ1n) is 6.57. The van der Waals surface area contributed by atoms with Crippen LogP contribution in [0.3, 0.4) is 0 Å². The zero-order valence-electron chi connectivity index (χ0n) is 12.2. The van der Waals surface area contributed by atoms with Gasteiger partial charge in [0, 0.05) is 12.3 Å². The lowest BCUT2D eigenvalue weighted by Crippen LogP contribution is -2.57. The molecule has 0 aromatic heterocycles. The molecule has 116 valence electrons. The van der Waals surface area contributed by atoms with E-state index in [4.69, 9.17) is 5.73 Å². The average molecular weight is 305 g/mol. The highest BCUT2D eigenvalue weighted by Crippen LogP contribution is 2.22. The minimum absolute atomic E-state index is 0.155. The maximum atomic E-state index is 12.6. The molecule has 1 heterocycles. The summed E-state index contributed by atoms with van der Waals surface area (Å²) in [6, 6.07) is -0.155. The number of piperidine rings is 1. The van der Waals surface area contributed by atoms with Gasteiger partial charge in [-0.3, -0.25) is 9.59 Å².